The summed E-state index contributed by atoms with van der Waals surface area (Å²) in [6, 6.07) is 24.1. The smallest absolute Gasteiger partial charge is 0.320 e. The third-order valence-corrected chi connectivity index (χ3v) is 21.7. The number of aliphatic carboxylic acids is 1. The van der Waals surface area contributed by atoms with Crippen molar-refractivity contribution < 1.29 is 86.3 Å². The molecule has 4 amide bonds. The van der Waals surface area contributed by atoms with Crippen LogP contribution < -0.4 is 45.9 Å². The molecule has 0 aliphatic carbocycles. The molecule has 1 unspecified atom stereocenters. The average molecular weight is 1800 g/mol. The number of aromatic nitrogens is 1. The highest BCUT2D eigenvalue weighted by Gasteiger charge is 2.32. The van der Waals surface area contributed by atoms with Crippen LogP contribution >= 0.6 is 47.0 Å². The second-order valence-corrected chi connectivity index (χ2v) is 41.4. The van der Waals surface area contributed by atoms with Gasteiger partial charge in [0.25, 0.3) is 23.6 Å². The minimum absolute atomic E-state index is 0.249. The summed E-state index contributed by atoms with van der Waals surface area (Å²) in [5.74, 6) is -0.0202. The van der Waals surface area contributed by atoms with Crippen LogP contribution in [0, 0.1) is 61.3 Å². The normalized spacial score (nSPS) is 12.4. The van der Waals surface area contributed by atoms with Gasteiger partial charge in [0, 0.05) is 75.4 Å². The topological polar surface area (TPSA) is 497 Å². The zero-order valence-electron chi connectivity index (χ0n) is 75.4. The lowest BCUT2D eigenvalue weighted by Gasteiger charge is -2.28. The highest BCUT2D eigenvalue weighted by Crippen LogP contribution is 2.57. The Kier molecular flexibility index (Phi) is 43.6. The number of nitrogens with one attached hydrogen (secondary N) is 5. The molecule has 0 spiro atoms. The molecule has 123 heavy (non-hydrogen) atoms. The van der Waals surface area contributed by atoms with Crippen LogP contribution in [0.15, 0.2) is 118 Å². The number of nitrogens with zero attached hydrogens (tertiary/aromatic N) is 8. The van der Waals surface area contributed by atoms with Crippen LogP contribution in [-0.2, 0) is 52.1 Å². The van der Waals surface area contributed by atoms with E-state index in [9.17, 15) is 24.0 Å². The fourth-order valence-electron chi connectivity index (χ4n) is 11.2. The summed E-state index contributed by atoms with van der Waals surface area (Å²) in [5, 5.41) is 81.2. The number of carboxylic acid groups (broad SMARTS) is 1. The number of para-hydroxylation sites is 1. The Hall–Kier alpha value is -9.81. The lowest BCUT2D eigenvalue weighted by Crippen LogP contribution is -2.38. The van der Waals surface area contributed by atoms with Gasteiger partial charge in [-0.3, -0.25) is 24.0 Å². The van der Waals surface area contributed by atoms with E-state index in [2.05, 4.69) is 242 Å². The van der Waals surface area contributed by atoms with E-state index in [0.29, 0.717) is 55.6 Å². The molecular formula is C83H128N14O22S4. The van der Waals surface area contributed by atoms with Crippen LogP contribution in [0.25, 0.3) is 10.9 Å². The van der Waals surface area contributed by atoms with Crippen LogP contribution in [0.5, 0.6) is 23.0 Å². The molecule has 0 saturated heterocycles. The van der Waals surface area contributed by atoms with E-state index in [1.807, 2.05) is 30.5 Å². The quantitative estimate of drug-likeness (QED) is 0.00918. The van der Waals surface area contributed by atoms with E-state index in [-0.39, 0.29) is 71.7 Å². The third-order valence-electron chi connectivity index (χ3n) is 17.6. The van der Waals surface area contributed by atoms with Crippen molar-refractivity contribution in [2.45, 2.75) is 182 Å². The van der Waals surface area contributed by atoms with Crippen molar-refractivity contribution in [2.75, 3.05) is 163 Å². The maximum absolute atomic E-state index is 14.1. The molecule has 5 aromatic carbocycles. The number of carboxylic acids is 1. The highest BCUT2D eigenvalue weighted by molar-refractivity contribution is 8.01. The number of carbonyl (C=O) groups excluding carboxylic acids is 4. The zero-order chi connectivity index (χ0) is 94.1. The van der Waals surface area contributed by atoms with E-state index in [1.54, 1.807) is 0 Å². The Morgan fingerprint density at radius 2 is 0.602 bits per heavy atom. The number of amides is 4. The lowest BCUT2D eigenvalue weighted by molar-refractivity contribution is -0.870. The first-order valence-corrected chi connectivity index (χ1v) is 42.7. The van der Waals surface area contributed by atoms with Gasteiger partial charge in [0.15, 0.2) is 26.4 Å². The molecule has 36 nitrogen and oxygen atoms in total. The molecule has 7 rings (SSSR count). The van der Waals surface area contributed by atoms with Gasteiger partial charge in [0.05, 0.1) is 170 Å². The van der Waals surface area contributed by atoms with Crippen molar-refractivity contribution in [1.29, 1.82) is 0 Å². The van der Waals surface area contributed by atoms with Crippen LogP contribution in [0.3, 0.4) is 0 Å². The summed E-state index contributed by atoms with van der Waals surface area (Å²) in [6.45, 7) is 30.7. The Morgan fingerprint density at radius 1 is 0.398 bits per heavy atom. The standard InChI is InChI=1S/C72H112N8O8S4.C11H12N2O2.4NO3/c1-69(2,3)49-37-53-65(85-45-61(81)73-29-25-33-77(13,14)15)54(38-49)90-56-40-51(71(7,8)9)42-58(67(56)87-47-63(83)75-31-27-35-79(19,20)21)92-60-44-52(72(10,11)12)43-59(68(60)88-48-64(84)76-32-28-36-80(22,23)24)91-57-41-50(70(4,5)6)39-55(89-53)66(57)86-46-62(82)74-30-26-34-78(16,17)18;12-9(11(14)15)5-7-6-13-10-4-2-1-3-8(7)10;4*2-1(3)4/h37-44H,25-36,45-48H2,1-24H3;1-4,6,9,13H,5,12H2,(H,14,15);;;;/q;;4*-1/p+4. The van der Waals surface area contributed by atoms with E-state index in [1.165, 1.54) is 47.0 Å². The summed E-state index contributed by atoms with van der Waals surface area (Å²) in [6.07, 6.45) is 5.33. The number of carbonyl (C=O) groups is 5. The fourth-order valence-corrected chi connectivity index (χ4v) is 16.0. The van der Waals surface area contributed by atoms with Crippen molar-refractivity contribution in [3.05, 3.63) is 168 Å². The van der Waals surface area contributed by atoms with Gasteiger partial charge >= 0.3 is 5.97 Å². The second kappa shape index (κ2) is 49.0. The number of ether oxygens (including phenoxy) is 4. The van der Waals surface area contributed by atoms with Gasteiger partial charge in [-0.15, -0.1) is 0 Å². The number of aromatic amines is 1. The zero-order valence-corrected chi connectivity index (χ0v) is 78.7. The number of rotatable bonds is 31. The minimum atomic E-state index is -1.75. The Balaban J connectivity index is 0.00000138. The summed E-state index contributed by atoms with van der Waals surface area (Å²) in [5.41, 5.74) is 9.97. The monoisotopic (exact) mass is 1800 g/mol. The van der Waals surface area contributed by atoms with Crippen LogP contribution in [0.4, 0.5) is 0 Å². The van der Waals surface area contributed by atoms with Gasteiger partial charge < -0.3 is 135 Å². The Morgan fingerprint density at radius 3 is 0.789 bits per heavy atom. The molecule has 6 aromatic rings. The van der Waals surface area contributed by atoms with Gasteiger partial charge in [-0.1, -0.05) is 148 Å². The minimum Gasteiger partial charge on any atom is -0.481 e. The maximum atomic E-state index is 14.1. The summed E-state index contributed by atoms with van der Waals surface area (Å²) < 4.78 is 31.0. The second-order valence-electron chi connectivity index (χ2n) is 37.0. The van der Waals surface area contributed by atoms with Crippen molar-refractivity contribution in [3.8, 4) is 23.0 Å². The molecule has 2 heterocycles. The summed E-state index contributed by atoms with van der Waals surface area (Å²) in [4.78, 5) is 109. The first-order valence-electron chi connectivity index (χ1n) is 39.4. The number of hydrogen-bond acceptors (Lipinski definition) is 26. The molecule has 8 bridgehead atoms. The van der Waals surface area contributed by atoms with Gasteiger partial charge in [0.2, 0.25) is 0 Å². The molecule has 0 radical (unpaired) electrons. The number of benzene rings is 5. The van der Waals surface area contributed by atoms with Crippen molar-refractivity contribution in [1.82, 2.24) is 26.3 Å². The molecule has 1 atom stereocenters. The molecule has 0 saturated carbocycles. The van der Waals surface area contributed by atoms with Crippen molar-refractivity contribution >= 4 is 87.5 Å². The van der Waals surface area contributed by atoms with Crippen LogP contribution in [0.1, 0.15) is 137 Å². The van der Waals surface area contributed by atoms with Gasteiger partial charge in [-0.25, -0.2) is 0 Å². The van der Waals surface area contributed by atoms with Crippen molar-refractivity contribution in [2.24, 2.45) is 5.73 Å². The molecule has 686 valence electrons. The van der Waals surface area contributed by atoms with Gasteiger partial charge in [-0.2, -0.15) is 0 Å². The predicted octanol–water partition coefficient (Wildman–Crippen LogP) is 12.3. The van der Waals surface area contributed by atoms with Gasteiger partial charge in [0.1, 0.15) is 29.0 Å². The third kappa shape index (κ3) is 44.9. The van der Waals surface area contributed by atoms with E-state index in [4.69, 9.17) is 91.1 Å². The molecule has 1 aliphatic heterocycles. The molecule has 8 N–H and O–H groups in total. The molecule has 0 fully saturated rings. The Bertz CT molecular complexity index is 3940. The summed E-state index contributed by atoms with van der Waals surface area (Å²) in [7, 11) is 25.7. The first kappa shape index (κ1) is 109. The Labute approximate surface area is 738 Å². The molecule has 1 aliphatic rings. The first-order chi connectivity index (χ1) is 56.4. The number of fused-ring (bicyclic) bond motifs is 9. The maximum Gasteiger partial charge on any atom is 0.320 e. The molecule has 40 heteroatoms. The van der Waals surface area contributed by atoms with E-state index < -0.39 is 32.4 Å². The number of nitrogens with two attached hydrogens (primary N) is 1. The number of hydrogen-bond donors (Lipinski definition) is 7. The van der Waals surface area contributed by atoms with Crippen LogP contribution in [0.2, 0.25) is 0 Å². The SMILES string of the molecule is CC(C)(C)c1cc2c(OCC(=O)NCCC[N+](C)(C)C)c(c1)Sc1cc(C(C)(C)C)cc(c1OCC(=O)NCCC[N+](C)(C)C)Sc1cc(C(C)(C)C)cc(c1OCC(=O)NCCC[N+](C)(C)C)Sc1cc(C(C)(C)C)cc(c1OCC(=O)NCCC[N+](C)(C)C)S2.NC(Cc1c[nH]c2ccccc12)C(=O)O.O=[N+]([O-])[O-].O=[N+]([O-])[O-].O=[N+]([O-])[O-].O=[N+]([O-])[O-]. The predicted molar refractivity (Wildman–Crippen MR) is 480 cm³/mol. The number of H-pyrrole nitrogens is 1. The highest BCUT2D eigenvalue weighted by atomic mass is 32.2. The van der Waals surface area contributed by atoms with E-state index in [0.717, 1.165) is 148 Å². The fraction of sp³-hybridized carbons (Fsp3) is 0.554. The number of quaternary nitrogens is 4. The summed E-state index contributed by atoms with van der Waals surface area (Å²) >= 11 is 5.89. The van der Waals surface area contributed by atoms with Crippen LogP contribution in [-0.4, -0.2) is 247 Å². The van der Waals surface area contributed by atoms with Gasteiger partial charge in [-0.05, 0) is 104 Å². The van der Waals surface area contributed by atoms with Crippen molar-refractivity contribution in [3.63, 3.8) is 0 Å². The lowest BCUT2D eigenvalue weighted by atomic mass is 9.87. The largest absolute Gasteiger partial charge is 0.481 e. The average Bonchev–Trinajstić information content (AvgIpc) is 1.42. The molecular weight excluding hydrogens is 1670 g/mol. The van der Waals surface area contributed by atoms with E-state index >= 15 is 0 Å². The molecule has 1 aromatic heterocycles.